The molecule has 1 aliphatic carbocycles. The highest BCUT2D eigenvalue weighted by Crippen LogP contribution is 2.46. The van der Waals surface area contributed by atoms with E-state index in [1.54, 1.807) is 0 Å². The summed E-state index contributed by atoms with van der Waals surface area (Å²) in [5, 5.41) is 0. The SMILES string of the molecule is CC(C)(C)N1CCC(CN2CCN(C(C)(C)C)CC23CC3)CC1. The van der Waals surface area contributed by atoms with Gasteiger partial charge in [0.25, 0.3) is 0 Å². The van der Waals surface area contributed by atoms with Crippen molar-refractivity contribution in [1.82, 2.24) is 14.7 Å². The fraction of sp³-hybridized carbons (Fsp3) is 1.00. The zero-order valence-corrected chi connectivity index (χ0v) is 16.5. The molecular weight excluding hydrogens is 282 g/mol. The van der Waals surface area contributed by atoms with Crippen LogP contribution in [-0.2, 0) is 0 Å². The van der Waals surface area contributed by atoms with Gasteiger partial charge in [-0.3, -0.25) is 14.7 Å². The van der Waals surface area contributed by atoms with Gasteiger partial charge in [-0.25, -0.2) is 0 Å². The van der Waals surface area contributed by atoms with E-state index in [9.17, 15) is 0 Å². The van der Waals surface area contributed by atoms with Gasteiger partial charge in [0.2, 0.25) is 0 Å². The van der Waals surface area contributed by atoms with E-state index < -0.39 is 0 Å². The van der Waals surface area contributed by atoms with Crippen LogP contribution >= 0.6 is 0 Å². The van der Waals surface area contributed by atoms with Crippen LogP contribution < -0.4 is 0 Å². The molecule has 2 aliphatic heterocycles. The number of likely N-dealkylation sites (tertiary alicyclic amines) is 1. The number of hydrogen-bond acceptors (Lipinski definition) is 3. The lowest BCUT2D eigenvalue weighted by Crippen LogP contribution is -2.60. The van der Waals surface area contributed by atoms with Gasteiger partial charge in [-0.2, -0.15) is 0 Å². The second-order valence-corrected chi connectivity index (χ2v) is 10.4. The van der Waals surface area contributed by atoms with E-state index >= 15 is 0 Å². The van der Waals surface area contributed by atoms with Gasteiger partial charge in [0.15, 0.2) is 0 Å². The highest BCUT2D eigenvalue weighted by molar-refractivity contribution is 5.10. The highest BCUT2D eigenvalue weighted by atomic mass is 15.4. The molecule has 0 aromatic heterocycles. The zero-order chi connectivity index (χ0) is 16.9. The monoisotopic (exact) mass is 321 g/mol. The summed E-state index contributed by atoms with van der Waals surface area (Å²) < 4.78 is 0. The Morgan fingerprint density at radius 3 is 1.83 bits per heavy atom. The fourth-order valence-electron chi connectivity index (χ4n) is 4.59. The van der Waals surface area contributed by atoms with Crippen LogP contribution in [0.25, 0.3) is 0 Å². The summed E-state index contributed by atoms with van der Waals surface area (Å²) in [5.41, 5.74) is 1.23. The Kier molecular flexibility index (Phi) is 4.61. The van der Waals surface area contributed by atoms with Crippen LogP contribution in [0.2, 0.25) is 0 Å². The van der Waals surface area contributed by atoms with Crippen molar-refractivity contribution in [2.75, 3.05) is 39.3 Å². The van der Waals surface area contributed by atoms with Crippen molar-refractivity contribution < 1.29 is 0 Å². The van der Waals surface area contributed by atoms with E-state index in [0.29, 0.717) is 16.6 Å². The first-order valence-electron chi connectivity index (χ1n) is 9.85. The Labute approximate surface area is 144 Å². The van der Waals surface area contributed by atoms with Gasteiger partial charge < -0.3 is 0 Å². The largest absolute Gasteiger partial charge is 0.298 e. The Balaban J connectivity index is 1.52. The molecule has 0 unspecified atom stereocenters. The van der Waals surface area contributed by atoms with Gasteiger partial charge in [0, 0.05) is 42.8 Å². The Hall–Kier alpha value is -0.120. The van der Waals surface area contributed by atoms with Gasteiger partial charge in [-0.1, -0.05) is 0 Å². The van der Waals surface area contributed by atoms with Crippen molar-refractivity contribution in [2.45, 2.75) is 83.8 Å². The standard InChI is InChI=1S/C20H39N3/c1-18(2,3)21-11-7-17(8-12-21)15-22-13-14-23(19(4,5)6)16-20(22)9-10-20/h17H,7-16H2,1-6H3. The van der Waals surface area contributed by atoms with Crippen molar-refractivity contribution >= 4 is 0 Å². The lowest BCUT2D eigenvalue weighted by molar-refractivity contribution is -0.00648. The molecule has 3 fully saturated rings. The van der Waals surface area contributed by atoms with E-state index in [1.165, 1.54) is 65.0 Å². The second-order valence-electron chi connectivity index (χ2n) is 10.4. The van der Waals surface area contributed by atoms with E-state index in [4.69, 9.17) is 0 Å². The minimum Gasteiger partial charge on any atom is -0.298 e. The molecule has 1 saturated carbocycles. The number of piperidine rings is 1. The summed E-state index contributed by atoms with van der Waals surface area (Å²) in [4.78, 5) is 8.28. The minimum absolute atomic E-state index is 0.333. The van der Waals surface area contributed by atoms with Crippen LogP contribution in [0, 0.1) is 5.92 Å². The average molecular weight is 322 g/mol. The number of nitrogens with zero attached hydrogens (tertiary/aromatic N) is 3. The number of rotatable bonds is 2. The van der Waals surface area contributed by atoms with E-state index in [1.807, 2.05) is 0 Å². The van der Waals surface area contributed by atoms with Gasteiger partial charge in [0.05, 0.1) is 0 Å². The molecule has 0 amide bonds. The predicted octanol–water partition coefficient (Wildman–Crippen LogP) is 3.45. The molecule has 134 valence electrons. The van der Waals surface area contributed by atoms with Crippen molar-refractivity contribution in [3.05, 3.63) is 0 Å². The molecule has 0 atom stereocenters. The average Bonchev–Trinajstić information content (AvgIpc) is 3.20. The maximum Gasteiger partial charge on any atom is 0.0338 e. The molecule has 0 N–H and O–H groups in total. The van der Waals surface area contributed by atoms with Crippen LogP contribution in [0.15, 0.2) is 0 Å². The lowest BCUT2D eigenvalue weighted by atomic mass is 9.91. The van der Waals surface area contributed by atoms with Gasteiger partial charge in [-0.15, -0.1) is 0 Å². The summed E-state index contributed by atoms with van der Waals surface area (Å²) in [6, 6.07) is 0. The molecular formula is C20H39N3. The second kappa shape index (κ2) is 6.00. The first kappa shape index (κ1) is 17.7. The smallest absolute Gasteiger partial charge is 0.0338 e. The third-order valence-electron chi connectivity index (χ3n) is 6.61. The maximum absolute atomic E-state index is 2.88. The van der Waals surface area contributed by atoms with Crippen LogP contribution in [0.1, 0.15) is 67.2 Å². The molecule has 1 spiro atoms. The topological polar surface area (TPSA) is 9.72 Å². The van der Waals surface area contributed by atoms with Gasteiger partial charge in [-0.05, 0) is 86.2 Å². The zero-order valence-electron chi connectivity index (χ0n) is 16.5. The van der Waals surface area contributed by atoms with Crippen molar-refractivity contribution in [3.63, 3.8) is 0 Å². The molecule has 2 heterocycles. The highest BCUT2D eigenvalue weighted by Gasteiger charge is 2.52. The first-order chi connectivity index (χ1) is 10.6. The number of piperazine rings is 1. The van der Waals surface area contributed by atoms with E-state index in [-0.39, 0.29) is 0 Å². The molecule has 23 heavy (non-hydrogen) atoms. The van der Waals surface area contributed by atoms with Crippen LogP contribution in [0.4, 0.5) is 0 Å². The van der Waals surface area contributed by atoms with Crippen molar-refractivity contribution in [3.8, 4) is 0 Å². The van der Waals surface area contributed by atoms with Crippen LogP contribution in [0.3, 0.4) is 0 Å². The fourth-order valence-corrected chi connectivity index (χ4v) is 4.59. The molecule has 0 aromatic rings. The molecule has 2 saturated heterocycles. The van der Waals surface area contributed by atoms with E-state index in [2.05, 4.69) is 56.2 Å². The van der Waals surface area contributed by atoms with Gasteiger partial charge in [0.1, 0.15) is 0 Å². The third-order valence-corrected chi connectivity index (χ3v) is 6.61. The predicted molar refractivity (Wildman–Crippen MR) is 98.9 cm³/mol. The molecule has 3 rings (SSSR count). The minimum atomic E-state index is 0.333. The Morgan fingerprint density at radius 1 is 0.783 bits per heavy atom. The summed E-state index contributed by atoms with van der Waals surface area (Å²) >= 11 is 0. The van der Waals surface area contributed by atoms with Crippen molar-refractivity contribution in [1.29, 1.82) is 0 Å². The number of hydrogen-bond donors (Lipinski definition) is 0. The summed E-state index contributed by atoms with van der Waals surface area (Å²) in [5.74, 6) is 0.923. The molecule has 0 radical (unpaired) electrons. The quantitative estimate of drug-likeness (QED) is 0.771. The van der Waals surface area contributed by atoms with Gasteiger partial charge >= 0.3 is 0 Å². The molecule has 3 nitrogen and oxygen atoms in total. The first-order valence-corrected chi connectivity index (χ1v) is 9.85. The summed E-state index contributed by atoms with van der Waals surface area (Å²) in [6.07, 6.45) is 5.65. The molecule has 0 aromatic carbocycles. The molecule has 3 heteroatoms. The third kappa shape index (κ3) is 3.93. The maximum atomic E-state index is 2.88. The summed E-state index contributed by atoms with van der Waals surface area (Å²) in [7, 11) is 0. The lowest BCUT2D eigenvalue weighted by Gasteiger charge is -2.49. The van der Waals surface area contributed by atoms with Crippen LogP contribution in [0.5, 0.6) is 0 Å². The normalized spacial score (nSPS) is 28.4. The van der Waals surface area contributed by atoms with Crippen LogP contribution in [-0.4, -0.2) is 70.6 Å². The van der Waals surface area contributed by atoms with Crippen molar-refractivity contribution in [2.24, 2.45) is 5.92 Å². The summed E-state index contributed by atoms with van der Waals surface area (Å²) in [6.45, 7) is 22.0. The Morgan fingerprint density at radius 2 is 1.35 bits per heavy atom. The molecule has 0 bridgehead atoms. The Bertz CT molecular complexity index is 406. The molecule has 3 aliphatic rings. The van der Waals surface area contributed by atoms with E-state index in [0.717, 1.165) is 5.92 Å².